The van der Waals surface area contributed by atoms with Crippen LogP contribution in [-0.2, 0) is 9.59 Å². The minimum absolute atomic E-state index is 0.132. The molecule has 0 spiro atoms. The van der Waals surface area contributed by atoms with Crippen LogP contribution in [0.4, 0.5) is 0 Å². The Morgan fingerprint density at radius 3 is 2.27 bits per heavy atom. The van der Waals surface area contributed by atoms with Gasteiger partial charge in [0.25, 0.3) is 0 Å². The van der Waals surface area contributed by atoms with E-state index in [-0.39, 0.29) is 5.92 Å². The third-order valence-electron chi connectivity index (χ3n) is 6.93. The van der Waals surface area contributed by atoms with E-state index in [4.69, 9.17) is 0 Å². The van der Waals surface area contributed by atoms with Gasteiger partial charge in [-0.1, -0.05) is 13.8 Å². The fourth-order valence-electron chi connectivity index (χ4n) is 4.80. The Bertz CT molecular complexity index is 474. The molecule has 3 fully saturated rings. The molecule has 148 valence electrons. The number of rotatable bonds is 4. The minimum atomic E-state index is 0.132. The molecule has 2 amide bonds. The SMILES string of the molecule is CC1CCN(C(=O)C2CCN(C(=O)CC(C)C3CCCNC3)CC2)CC1. The van der Waals surface area contributed by atoms with Gasteiger partial charge in [0, 0.05) is 38.5 Å². The lowest BCUT2D eigenvalue weighted by Gasteiger charge is -2.37. The summed E-state index contributed by atoms with van der Waals surface area (Å²) >= 11 is 0. The number of carbonyl (C=O) groups is 2. The third-order valence-corrected chi connectivity index (χ3v) is 6.93. The molecule has 0 saturated carbocycles. The quantitative estimate of drug-likeness (QED) is 0.835. The zero-order valence-electron chi connectivity index (χ0n) is 16.7. The van der Waals surface area contributed by atoms with Crippen molar-refractivity contribution in [2.24, 2.45) is 23.7 Å². The third kappa shape index (κ3) is 4.99. The number of piperidine rings is 3. The van der Waals surface area contributed by atoms with Gasteiger partial charge in [0.2, 0.25) is 11.8 Å². The summed E-state index contributed by atoms with van der Waals surface area (Å²) in [4.78, 5) is 29.5. The number of hydrogen-bond donors (Lipinski definition) is 1. The largest absolute Gasteiger partial charge is 0.343 e. The van der Waals surface area contributed by atoms with Crippen LogP contribution in [0.5, 0.6) is 0 Å². The van der Waals surface area contributed by atoms with Gasteiger partial charge in [-0.3, -0.25) is 9.59 Å². The first kappa shape index (κ1) is 19.7. The molecule has 3 rings (SSSR count). The maximum atomic E-state index is 12.7. The first-order valence-electron chi connectivity index (χ1n) is 10.8. The van der Waals surface area contributed by atoms with E-state index in [1.165, 1.54) is 12.8 Å². The number of amides is 2. The maximum Gasteiger partial charge on any atom is 0.225 e. The van der Waals surface area contributed by atoms with Crippen LogP contribution in [-0.4, -0.2) is 60.9 Å². The van der Waals surface area contributed by atoms with Crippen LogP contribution >= 0.6 is 0 Å². The summed E-state index contributed by atoms with van der Waals surface area (Å²) in [6.45, 7) is 10.0. The van der Waals surface area contributed by atoms with E-state index >= 15 is 0 Å². The van der Waals surface area contributed by atoms with E-state index in [9.17, 15) is 9.59 Å². The van der Waals surface area contributed by atoms with Gasteiger partial charge < -0.3 is 15.1 Å². The average Bonchev–Trinajstić information content (AvgIpc) is 2.69. The summed E-state index contributed by atoms with van der Waals surface area (Å²) in [7, 11) is 0. The van der Waals surface area contributed by atoms with E-state index in [0.717, 1.165) is 70.9 Å². The van der Waals surface area contributed by atoms with Crippen molar-refractivity contribution in [3.63, 3.8) is 0 Å². The van der Waals surface area contributed by atoms with Crippen molar-refractivity contribution in [3.05, 3.63) is 0 Å². The second-order valence-corrected chi connectivity index (χ2v) is 8.95. The number of carbonyl (C=O) groups excluding carboxylic acids is 2. The van der Waals surface area contributed by atoms with Crippen molar-refractivity contribution in [2.75, 3.05) is 39.3 Å². The van der Waals surface area contributed by atoms with Gasteiger partial charge >= 0.3 is 0 Å². The maximum absolute atomic E-state index is 12.7. The molecule has 0 aliphatic carbocycles. The first-order chi connectivity index (χ1) is 12.5. The summed E-state index contributed by atoms with van der Waals surface area (Å²) in [5.74, 6) is 2.59. The Labute approximate surface area is 158 Å². The number of likely N-dealkylation sites (tertiary alicyclic amines) is 2. The van der Waals surface area contributed by atoms with Crippen molar-refractivity contribution in [2.45, 2.75) is 58.8 Å². The molecule has 5 nitrogen and oxygen atoms in total. The van der Waals surface area contributed by atoms with Crippen molar-refractivity contribution in [3.8, 4) is 0 Å². The van der Waals surface area contributed by atoms with E-state index in [0.29, 0.717) is 30.1 Å². The standard InChI is InChI=1S/C21H37N3O2/c1-16-5-10-24(11-6-16)21(26)18-7-12-23(13-8-18)20(25)14-17(2)19-4-3-9-22-15-19/h16-19,22H,3-15H2,1-2H3. The molecule has 1 N–H and O–H groups in total. The molecule has 3 saturated heterocycles. The highest BCUT2D eigenvalue weighted by Gasteiger charge is 2.32. The van der Waals surface area contributed by atoms with Crippen LogP contribution in [0.1, 0.15) is 58.8 Å². The molecule has 26 heavy (non-hydrogen) atoms. The Kier molecular flexibility index (Phi) is 6.96. The number of nitrogens with one attached hydrogen (secondary N) is 1. The highest BCUT2D eigenvalue weighted by Crippen LogP contribution is 2.26. The molecular weight excluding hydrogens is 326 g/mol. The highest BCUT2D eigenvalue weighted by molar-refractivity contribution is 5.80. The zero-order valence-corrected chi connectivity index (χ0v) is 16.7. The van der Waals surface area contributed by atoms with Crippen LogP contribution in [0, 0.1) is 23.7 Å². The van der Waals surface area contributed by atoms with Crippen molar-refractivity contribution in [1.29, 1.82) is 0 Å². The van der Waals surface area contributed by atoms with Gasteiger partial charge in [0.05, 0.1) is 0 Å². The normalized spacial score (nSPS) is 27.4. The molecule has 0 radical (unpaired) electrons. The second-order valence-electron chi connectivity index (χ2n) is 8.95. The smallest absolute Gasteiger partial charge is 0.225 e. The predicted molar refractivity (Wildman–Crippen MR) is 104 cm³/mol. The Morgan fingerprint density at radius 2 is 1.65 bits per heavy atom. The highest BCUT2D eigenvalue weighted by atomic mass is 16.2. The Hall–Kier alpha value is -1.10. The summed E-state index contributed by atoms with van der Waals surface area (Å²) in [6, 6.07) is 0. The van der Waals surface area contributed by atoms with Gasteiger partial charge in [-0.2, -0.15) is 0 Å². The molecule has 0 aromatic rings. The molecule has 0 aromatic heterocycles. The summed E-state index contributed by atoms with van der Waals surface area (Å²) in [5.41, 5.74) is 0. The van der Waals surface area contributed by atoms with Crippen LogP contribution in [0.2, 0.25) is 0 Å². The van der Waals surface area contributed by atoms with Crippen molar-refractivity contribution < 1.29 is 9.59 Å². The van der Waals surface area contributed by atoms with Crippen LogP contribution in [0.25, 0.3) is 0 Å². The molecule has 0 aromatic carbocycles. The summed E-state index contributed by atoms with van der Waals surface area (Å²) in [6.07, 6.45) is 7.09. The van der Waals surface area contributed by atoms with Gasteiger partial charge in [0.1, 0.15) is 0 Å². The zero-order chi connectivity index (χ0) is 18.5. The molecule has 3 aliphatic rings. The molecule has 3 heterocycles. The van der Waals surface area contributed by atoms with Gasteiger partial charge in [-0.05, 0) is 69.4 Å². The Balaban J connectivity index is 1.41. The molecule has 2 atom stereocenters. The summed E-state index contributed by atoms with van der Waals surface area (Å²) in [5, 5.41) is 3.45. The van der Waals surface area contributed by atoms with Crippen molar-refractivity contribution >= 4 is 11.8 Å². The lowest BCUT2D eigenvalue weighted by Crippen LogP contribution is -2.46. The molecule has 5 heteroatoms. The lowest BCUT2D eigenvalue weighted by atomic mass is 9.85. The molecule has 0 bridgehead atoms. The van der Waals surface area contributed by atoms with Crippen LogP contribution in [0.3, 0.4) is 0 Å². The van der Waals surface area contributed by atoms with E-state index in [2.05, 4.69) is 24.1 Å². The lowest BCUT2D eigenvalue weighted by molar-refractivity contribution is -0.142. The van der Waals surface area contributed by atoms with E-state index in [1.54, 1.807) is 0 Å². The van der Waals surface area contributed by atoms with Gasteiger partial charge in [0.15, 0.2) is 0 Å². The van der Waals surface area contributed by atoms with E-state index in [1.807, 2.05) is 4.90 Å². The second kappa shape index (κ2) is 9.20. The Morgan fingerprint density at radius 1 is 1.00 bits per heavy atom. The first-order valence-corrected chi connectivity index (χ1v) is 10.8. The molecule has 2 unspecified atom stereocenters. The van der Waals surface area contributed by atoms with Gasteiger partial charge in [-0.15, -0.1) is 0 Å². The average molecular weight is 364 g/mol. The van der Waals surface area contributed by atoms with Gasteiger partial charge in [-0.25, -0.2) is 0 Å². The monoisotopic (exact) mass is 363 g/mol. The fraction of sp³-hybridized carbons (Fsp3) is 0.905. The number of nitrogens with zero attached hydrogens (tertiary/aromatic N) is 2. The minimum Gasteiger partial charge on any atom is -0.343 e. The number of hydrogen-bond acceptors (Lipinski definition) is 3. The fourth-order valence-corrected chi connectivity index (χ4v) is 4.80. The predicted octanol–water partition coefficient (Wildman–Crippen LogP) is 2.51. The van der Waals surface area contributed by atoms with Crippen LogP contribution in [0.15, 0.2) is 0 Å². The summed E-state index contributed by atoms with van der Waals surface area (Å²) < 4.78 is 0. The molecular formula is C21H37N3O2. The topological polar surface area (TPSA) is 52.7 Å². The molecule has 3 aliphatic heterocycles. The van der Waals surface area contributed by atoms with Crippen LogP contribution < -0.4 is 5.32 Å². The van der Waals surface area contributed by atoms with Crippen molar-refractivity contribution in [1.82, 2.24) is 15.1 Å². The van der Waals surface area contributed by atoms with E-state index < -0.39 is 0 Å².